The lowest BCUT2D eigenvalue weighted by molar-refractivity contribution is -0.138. The topological polar surface area (TPSA) is 168 Å². The summed E-state index contributed by atoms with van der Waals surface area (Å²) in [5.74, 6) is -2.47. The van der Waals surface area contributed by atoms with E-state index in [1.165, 1.54) is 0 Å². The normalized spacial score (nSPS) is 21.5. The summed E-state index contributed by atoms with van der Waals surface area (Å²) < 4.78 is 5.82. The molecule has 2 atom stereocenters. The van der Waals surface area contributed by atoms with Crippen LogP contribution in [0.15, 0.2) is 48.7 Å². The number of benzene rings is 1. The van der Waals surface area contributed by atoms with Crippen LogP contribution in [0.2, 0.25) is 0 Å². The number of carbonyl (C=O) groups excluding carboxylic acids is 5. The molecule has 0 unspecified atom stereocenters. The van der Waals surface area contributed by atoms with Crippen molar-refractivity contribution in [3.63, 3.8) is 0 Å². The summed E-state index contributed by atoms with van der Waals surface area (Å²) in [5, 5.41) is 14.1. The second kappa shape index (κ2) is 15.3. The van der Waals surface area contributed by atoms with Crippen molar-refractivity contribution in [3.05, 3.63) is 59.9 Å². The van der Waals surface area contributed by atoms with Crippen LogP contribution in [0.3, 0.4) is 0 Å². The van der Waals surface area contributed by atoms with E-state index >= 15 is 0 Å². The van der Waals surface area contributed by atoms with E-state index in [0.717, 1.165) is 12.1 Å². The Bertz CT molecular complexity index is 1330. The van der Waals surface area contributed by atoms with E-state index in [0.29, 0.717) is 32.1 Å². The van der Waals surface area contributed by atoms with Crippen LogP contribution in [0.25, 0.3) is 0 Å². The minimum Gasteiger partial charge on any atom is -0.491 e. The monoisotopic (exact) mass is 606 g/mol. The van der Waals surface area contributed by atoms with Crippen molar-refractivity contribution in [3.8, 4) is 5.75 Å². The zero-order chi connectivity index (χ0) is 31.5. The van der Waals surface area contributed by atoms with Gasteiger partial charge in [-0.25, -0.2) is 0 Å². The Labute approximate surface area is 257 Å². The third-order valence-corrected chi connectivity index (χ3v) is 7.96. The Kier molecular flexibility index (Phi) is 11.3. The minimum atomic E-state index is -1.24. The summed E-state index contributed by atoms with van der Waals surface area (Å²) in [5.41, 5.74) is -0.279. The first-order chi connectivity index (χ1) is 21.2. The average Bonchev–Trinajstić information content (AvgIpc) is 3.01. The van der Waals surface area contributed by atoms with Crippen LogP contribution >= 0.6 is 0 Å². The maximum Gasteiger partial charge on any atom is 0.255 e. The number of nitrogens with zero attached hydrogens (tertiary/aromatic N) is 1. The predicted octanol–water partition coefficient (Wildman–Crippen LogP) is 1.40. The van der Waals surface area contributed by atoms with Gasteiger partial charge in [-0.15, -0.1) is 0 Å². The van der Waals surface area contributed by atoms with Crippen LogP contribution in [-0.2, 0) is 25.6 Å². The van der Waals surface area contributed by atoms with Crippen LogP contribution in [0.1, 0.15) is 68.4 Å². The van der Waals surface area contributed by atoms with Crippen molar-refractivity contribution in [2.75, 3.05) is 19.7 Å². The fourth-order valence-corrected chi connectivity index (χ4v) is 5.54. The molecule has 1 aliphatic heterocycles. The lowest BCUT2D eigenvalue weighted by Gasteiger charge is -2.38. The predicted molar refractivity (Wildman–Crippen MR) is 162 cm³/mol. The molecule has 0 saturated heterocycles. The Morgan fingerprint density at radius 2 is 1.77 bits per heavy atom. The molecule has 1 spiro atoms. The van der Waals surface area contributed by atoms with Gasteiger partial charge in [0.15, 0.2) is 0 Å². The van der Waals surface area contributed by atoms with Gasteiger partial charge in [-0.1, -0.05) is 51.3 Å². The number of rotatable bonds is 5. The van der Waals surface area contributed by atoms with Gasteiger partial charge >= 0.3 is 0 Å². The van der Waals surface area contributed by atoms with Gasteiger partial charge in [0, 0.05) is 24.9 Å². The van der Waals surface area contributed by atoms with E-state index in [4.69, 9.17) is 4.74 Å². The van der Waals surface area contributed by atoms with Gasteiger partial charge in [0.1, 0.15) is 30.0 Å². The zero-order valence-electron chi connectivity index (χ0n) is 25.3. The molecule has 12 nitrogen and oxygen atoms in total. The molecule has 5 N–H and O–H groups in total. The third kappa shape index (κ3) is 8.55. The fourth-order valence-electron chi connectivity index (χ4n) is 5.54. The quantitative estimate of drug-likeness (QED) is 0.343. The number of nitrogens with one attached hydrogen (secondary N) is 5. The molecular weight excluding hydrogens is 564 g/mol. The zero-order valence-corrected chi connectivity index (χ0v) is 25.3. The van der Waals surface area contributed by atoms with Gasteiger partial charge in [-0.2, -0.15) is 0 Å². The number of aromatic nitrogens is 1. The number of pyridine rings is 1. The number of ether oxygens (including phenoxy) is 1. The molecule has 5 amide bonds. The van der Waals surface area contributed by atoms with E-state index in [9.17, 15) is 24.0 Å². The molecule has 2 aliphatic rings. The van der Waals surface area contributed by atoms with Gasteiger partial charge in [-0.3, -0.25) is 29.0 Å². The van der Waals surface area contributed by atoms with Gasteiger partial charge in [-0.05, 0) is 43.0 Å². The van der Waals surface area contributed by atoms with Crippen molar-refractivity contribution in [2.45, 2.75) is 76.4 Å². The average molecular weight is 607 g/mol. The largest absolute Gasteiger partial charge is 0.491 e. The summed E-state index contributed by atoms with van der Waals surface area (Å²) >= 11 is 0. The lowest BCUT2D eigenvalue weighted by Crippen LogP contribution is -2.64. The van der Waals surface area contributed by atoms with Crippen molar-refractivity contribution >= 4 is 29.5 Å². The Morgan fingerprint density at radius 1 is 1.02 bits per heavy atom. The summed E-state index contributed by atoms with van der Waals surface area (Å²) in [4.78, 5) is 71.5. The maximum absolute atomic E-state index is 13.8. The standard InChI is InChI=1S/C32H42N6O6/c1-21(2)27-30(42)35-18-19-44-25-12-5-4-11-23(25)28(40)36-24(29(41)34-17-13-22-10-6-9-16-33-22)20-26(39)38-32(31(43)37-27)14-7-3-8-15-32/h4-6,9-12,16,21,24,27H,3,7-8,13-15,17-20H2,1-2H3,(H,34,41)(H,35,42)(H,36,40)(H,37,43)(H,38,39)/t24-,27+/m0/s1. The van der Waals surface area contributed by atoms with Crippen LogP contribution < -0.4 is 31.3 Å². The molecular formula is C32H42N6O6. The van der Waals surface area contributed by atoms with Crippen molar-refractivity contribution in [1.29, 1.82) is 0 Å². The highest BCUT2D eigenvalue weighted by Crippen LogP contribution is 2.29. The molecule has 1 saturated carbocycles. The SMILES string of the molecule is CC(C)[C@H]1NC(=O)C2(CCCCC2)NC(=O)C[C@@H](C(=O)NCCc2ccccn2)NC(=O)c2ccccc2OCCNC1=O. The van der Waals surface area contributed by atoms with Gasteiger partial charge < -0.3 is 31.3 Å². The van der Waals surface area contributed by atoms with Crippen LogP contribution in [0, 0.1) is 5.92 Å². The second-order valence-corrected chi connectivity index (χ2v) is 11.6. The molecule has 12 heteroatoms. The summed E-state index contributed by atoms with van der Waals surface area (Å²) in [6.07, 6.45) is 4.87. The Hall–Kier alpha value is -4.48. The highest BCUT2D eigenvalue weighted by atomic mass is 16.5. The van der Waals surface area contributed by atoms with E-state index < -0.39 is 47.7 Å². The molecule has 1 fully saturated rings. The van der Waals surface area contributed by atoms with E-state index in [1.807, 2.05) is 26.0 Å². The first kappa shape index (κ1) is 32.4. The summed E-state index contributed by atoms with van der Waals surface area (Å²) in [7, 11) is 0. The van der Waals surface area contributed by atoms with Crippen LogP contribution in [-0.4, -0.2) is 71.8 Å². The van der Waals surface area contributed by atoms with Gasteiger partial charge in [0.25, 0.3) is 5.91 Å². The smallest absolute Gasteiger partial charge is 0.255 e. The first-order valence-electron chi connectivity index (χ1n) is 15.3. The van der Waals surface area contributed by atoms with Crippen LogP contribution in [0.5, 0.6) is 5.75 Å². The molecule has 1 aromatic carbocycles. The molecule has 2 aromatic rings. The van der Waals surface area contributed by atoms with Gasteiger partial charge in [0.2, 0.25) is 23.6 Å². The fraction of sp³-hybridized carbons (Fsp3) is 0.500. The maximum atomic E-state index is 13.8. The summed E-state index contributed by atoms with van der Waals surface area (Å²) in [6, 6.07) is 9.97. The number of hydrogen-bond acceptors (Lipinski definition) is 7. The number of para-hydroxylation sites is 1. The van der Waals surface area contributed by atoms with Crippen LogP contribution in [0.4, 0.5) is 0 Å². The van der Waals surface area contributed by atoms with E-state index in [-0.39, 0.29) is 42.8 Å². The van der Waals surface area contributed by atoms with Crippen molar-refractivity contribution < 1.29 is 28.7 Å². The molecule has 44 heavy (non-hydrogen) atoms. The molecule has 2 heterocycles. The molecule has 4 rings (SSSR count). The second-order valence-electron chi connectivity index (χ2n) is 11.6. The molecule has 236 valence electrons. The van der Waals surface area contributed by atoms with Crippen molar-refractivity contribution in [2.24, 2.45) is 5.92 Å². The number of amides is 5. The number of carbonyl (C=O) groups is 5. The number of fused-ring (bicyclic) bond motifs is 1. The molecule has 1 aromatic heterocycles. The third-order valence-electron chi connectivity index (χ3n) is 7.96. The number of hydrogen-bond donors (Lipinski definition) is 5. The highest BCUT2D eigenvalue weighted by Gasteiger charge is 2.43. The van der Waals surface area contributed by atoms with Gasteiger partial charge in [0.05, 0.1) is 18.5 Å². The first-order valence-corrected chi connectivity index (χ1v) is 15.3. The van der Waals surface area contributed by atoms with E-state index in [2.05, 4.69) is 31.6 Å². The highest BCUT2D eigenvalue weighted by molar-refractivity contribution is 6.01. The lowest BCUT2D eigenvalue weighted by atomic mass is 9.80. The molecule has 0 bridgehead atoms. The molecule has 1 aliphatic carbocycles. The summed E-state index contributed by atoms with van der Waals surface area (Å²) in [6.45, 7) is 4.11. The van der Waals surface area contributed by atoms with E-state index in [1.54, 1.807) is 36.5 Å². The minimum absolute atomic E-state index is 0.0657. The molecule has 0 radical (unpaired) electrons. The Balaban J connectivity index is 1.61. The Morgan fingerprint density at radius 3 is 2.50 bits per heavy atom. The van der Waals surface area contributed by atoms with Crippen molar-refractivity contribution in [1.82, 2.24) is 31.6 Å².